The third kappa shape index (κ3) is 5.00. The summed E-state index contributed by atoms with van der Waals surface area (Å²) in [6.07, 6.45) is 2.77. The minimum absolute atomic E-state index is 0.202. The molecule has 0 bridgehead atoms. The lowest BCUT2D eigenvalue weighted by Crippen LogP contribution is -2.14. The maximum atomic E-state index is 10.3. The Bertz CT molecular complexity index is 456. The molecule has 2 rings (SSSR count). The van der Waals surface area contributed by atoms with Gasteiger partial charge in [0.25, 0.3) is 0 Å². The van der Waals surface area contributed by atoms with E-state index < -0.39 is 0 Å². The van der Waals surface area contributed by atoms with Crippen LogP contribution in [0.1, 0.15) is 42.7 Å². The molecule has 1 unspecified atom stereocenters. The van der Waals surface area contributed by atoms with Crippen LogP contribution in [0.5, 0.6) is 0 Å². The highest BCUT2D eigenvalue weighted by atomic mass is 16.3. The van der Waals surface area contributed by atoms with Crippen LogP contribution in [0, 0.1) is 0 Å². The second-order valence-corrected chi connectivity index (χ2v) is 5.48. The third-order valence-corrected chi connectivity index (χ3v) is 3.86. The summed E-state index contributed by atoms with van der Waals surface area (Å²) in [7, 11) is 0. The van der Waals surface area contributed by atoms with E-state index in [1.54, 1.807) is 0 Å². The molecule has 0 aliphatic heterocycles. The van der Waals surface area contributed by atoms with Crippen LogP contribution >= 0.6 is 0 Å². The molecule has 0 amide bonds. The normalized spacial score (nSPS) is 12.5. The molecule has 0 spiro atoms. The first-order valence-electron chi connectivity index (χ1n) is 7.70. The minimum Gasteiger partial charge on any atom is -0.396 e. The van der Waals surface area contributed by atoms with E-state index in [0.717, 1.165) is 25.7 Å². The Labute approximate surface area is 127 Å². The second kappa shape index (κ2) is 8.60. The van der Waals surface area contributed by atoms with Crippen molar-refractivity contribution in [1.29, 1.82) is 0 Å². The molecule has 21 heavy (non-hydrogen) atoms. The average Bonchev–Trinajstić information content (AvgIpc) is 2.54. The van der Waals surface area contributed by atoms with Gasteiger partial charge >= 0.3 is 0 Å². The van der Waals surface area contributed by atoms with Crippen molar-refractivity contribution in [3.8, 4) is 0 Å². The average molecular weight is 284 g/mol. The van der Waals surface area contributed by atoms with Gasteiger partial charge in [0.05, 0.1) is 6.10 Å². The minimum atomic E-state index is -0.332. The van der Waals surface area contributed by atoms with Crippen molar-refractivity contribution in [2.75, 3.05) is 6.61 Å². The van der Waals surface area contributed by atoms with E-state index >= 15 is 0 Å². The molecule has 0 fully saturated rings. The zero-order valence-electron chi connectivity index (χ0n) is 12.4. The van der Waals surface area contributed by atoms with Crippen LogP contribution in [0.15, 0.2) is 60.7 Å². The van der Waals surface area contributed by atoms with Crippen LogP contribution in [0.2, 0.25) is 0 Å². The van der Waals surface area contributed by atoms with E-state index in [9.17, 15) is 5.11 Å². The molecular formula is C19H24O2. The number of benzene rings is 2. The molecule has 2 N–H and O–H groups in total. The molecule has 0 aromatic heterocycles. The summed E-state index contributed by atoms with van der Waals surface area (Å²) >= 11 is 0. The van der Waals surface area contributed by atoms with E-state index in [1.165, 1.54) is 11.1 Å². The van der Waals surface area contributed by atoms with Gasteiger partial charge in [-0.25, -0.2) is 0 Å². The van der Waals surface area contributed by atoms with Crippen molar-refractivity contribution in [2.24, 2.45) is 0 Å². The molecular weight excluding hydrogens is 260 g/mol. The summed E-state index contributed by atoms with van der Waals surface area (Å²) in [6, 6.07) is 20.7. The quantitative estimate of drug-likeness (QED) is 0.725. The van der Waals surface area contributed by atoms with Crippen molar-refractivity contribution < 1.29 is 10.2 Å². The van der Waals surface area contributed by atoms with Gasteiger partial charge in [-0.05, 0) is 36.8 Å². The number of aliphatic hydroxyl groups excluding tert-OH is 2. The highest BCUT2D eigenvalue weighted by Crippen LogP contribution is 2.30. The lowest BCUT2D eigenvalue weighted by Gasteiger charge is -2.21. The van der Waals surface area contributed by atoms with Crippen LogP contribution in [-0.4, -0.2) is 22.9 Å². The lowest BCUT2D eigenvalue weighted by atomic mass is 9.86. The molecule has 0 aliphatic carbocycles. The first-order valence-corrected chi connectivity index (χ1v) is 7.70. The summed E-state index contributed by atoms with van der Waals surface area (Å²) in [4.78, 5) is 0. The molecule has 0 heterocycles. The fraction of sp³-hybridized carbons (Fsp3) is 0.368. The molecule has 2 nitrogen and oxygen atoms in total. The first-order chi connectivity index (χ1) is 10.3. The van der Waals surface area contributed by atoms with Crippen LogP contribution in [0.3, 0.4) is 0 Å². The summed E-state index contributed by atoms with van der Waals surface area (Å²) in [6.45, 7) is 0.202. The Balaban J connectivity index is 2.10. The molecule has 1 atom stereocenters. The summed E-state index contributed by atoms with van der Waals surface area (Å²) in [5.41, 5.74) is 2.48. The number of hydrogen-bond donors (Lipinski definition) is 2. The van der Waals surface area contributed by atoms with Crippen molar-refractivity contribution in [3.63, 3.8) is 0 Å². The van der Waals surface area contributed by atoms with Crippen LogP contribution in [0.4, 0.5) is 0 Å². The van der Waals surface area contributed by atoms with Gasteiger partial charge in [0.2, 0.25) is 0 Å². The van der Waals surface area contributed by atoms with Gasteiger partial charge in [-0.3, -0.25) is 0 Å². The van der Waals surface area contributed by atoms with Crippen LogP contribution in [-0.2, 0) is 0 Å². The fourth-order valence-electron chi connectivity index (χ4n) is 2.72. The number of unbranched alkanes of at least 4 members (excludes halogenated alkanes) is 1. The number of aliphatic hydroxyl groups is 2. The van der Waals surface area contributed by atoms with Gasteiger partial charge in [-0.2, -0.15) is 0 Å². The van der Waals surface area contributed by atoms with E-state index in [4.69, 9.17) is 5.11 Å². The Morgan fingerprint density at radius 3 is 1.76 bits per heavy atom. The van der Waals surface area contributed by atoms with Crippen molar-refractivity contribution >= 4 is 0 Å². The van der Waals surface area contributed by atoms with E-state index in [0.29, 0.717) is 0 Å². The smallest absolute Gasteiger partial charge is 0.0549 e. The predicted octanol–water partition coefficient (Wildman–Crippen LogP) is 3.73. The predicted molar refractivity (Wildman–Crippen MR) is 86.3 cm³/mol. The Hall–Kier alpha value is -1.64. The fourth-order valence-corrected chi connectivity index (χ4v) is 2.72. The van der Waals surface area contributed by atoms with Crippen LogP contribution in [0.25, 0.3) is 0 Å². The van der Waals surface area contributed by atoms with Gasteiger partial charge in [-0.15, -0.1) is 0 Å². The monoisotopic (exact) mass is 284 g/mol. The number of rotatable bonds is 8. The van der Waals surface area contributed by atoms with Crippen LogP contribution < -0.4 is 0 Å². The second-order valence-electron chi connectivity index (χ2n) is 5.48. The zero-order valence-corrected chi connectivity index (χ0v) is 12.4. The zero-order chi connectivity index (χ0) is 14.9. The SMILES string of the molecule is OCCCCC(O)CC(c1ccccc1)c1ccccc1. The molecule has 2 aromatic carbocycles. The Kier molecular flexibility index (Phi) is 6.45. The highest BCUT2D eigenvalue weighted by molar-refractivity contribution is 5.32. The summed E-state index contributed by atoms with van der Waals surface area (Å²) in [5.74, 6) is 0.219. The number of hydrogen-bond acceptors (Lipinski definition) is 2. The molecule has 112 valence electrons. The van der Waals surface area contributed by atoms with E-state index in [2.05, 4.69) is 24.3 Å². The highest BCUT2D eigenvalue weighted by Gasteiger charge is 2.18. The van der Waals surface area contributed by atoms with Gasteiger partial charge in [0, 0.05) is 12.5 Å². The lowest BCUT2D eigenvalue weighted by molar-refractivity contribution is 0.143. The van der Waals surface area contributed by atoms with Crippen molar-refractivity contribution in [1.82, 2.24) is 0 Å². The molecule has 0 aliphatic rings. The molecule has 0 saturated heterocycles. The maximum Gasteiger partial charge on any atom is 0.0549 e. The standard InChI is InChI=1S/C19H24O2/c20-14-8-7-13-18(21)15-19(16-9-3-1-4-10-16)17-11-5-2-6-12-17/h1-6,9-12,18-21H,7-8,13-15H2. The van der Waals surface area contributed by atoms with Gasteiger partial charge in [0.1, 0.15) is 0 Å². The van der Waals surface area contributed by atoms with Gasteiger partial charge in [0.15, 0.2) is 0 Å². The van der Waals surface area contributed by atoms with Crippen molar-refractivity contribution in [3.05, 3.63) is 71.8 Å². The largest absolute Gasteiger partial charge is 0.396 e. The third-order valence-electron chi connectivity index (χ3n) is 3.86. The van der Waals surface area contributed by atoms with Gasteiger partial charge < -0.3 is 10.2 Å². The van der Waals surface area contributed by atoms with Gasteiger partial charge in [-0.1, -0.05) is 60.7 Å². The Morgan fingerprint density at radius 2 is 1.29 bits per heavy atom. The topological polar surface area (TPSA) is 40.5 Å². The molecule has 2 heteroatoms. The van der Waals surface area contributed by atoms with Crippen molar-refractivity contribution in [2.45, 2.75) is 37.7 Å². The summed E-state index contributed by atoms with van der Waals surface area (Å²) < 4.78 is 0. The maximum absolute atomic E-state index is 10.3. The summed E-state index contributed by atoms with van der Waals surface area (Å²) in [5, 5.41) is 19.1. The van der Waals surface area contributed by atoms with E-state index in [1.807, 2.05) is 36.4 Å². The first kappa shape index (κ1) is 15.7. The molecule has 0 radical (unpaired) electrons. The Morgan fingerprint density at radius 1 is 0.762 bits per heavy atom. The van der Waals surface area contributed by atoms with E-state index in [-0.39, 0.29) is 18.6 Å². The molecule has 0 saturated carbocycles. The molecule has 2 aromatic rings.